The molecule has 0 bridgehead atoms. The van der Waals surface area contributed by atoms with Crippen molar-refractivity contribution < 1.29 is 9.59 Å². The van der Waals surface area contributed by atoms with Gasteiger partial charge in [0.1, 0.15) is 5.57 Å². The van der Waals surface area contributed by atoms with E-state index in [0.717, 1.165) is 40.2 Å². The van der Waals surface area contributed by atoms with Crippen LogP contribution in [-0.2, 0) is 16.0 Å². The molecule has 0 aliphatic carbocycles. The number of carbonyl (C=O) groups is 2. The molecule has 5 nitrogen and oxygen atoms in total. The van der Waals surface area contributed by atoms with Gasteiger partial charge in [-0.2, -0.15) is 0 Å². The number of hydrogen-bond acceptors (Lipinski definition) is 3. The van der Waals surface area contributed by atoms with E-state index in [2.05, 4.69) is 16.8 Å². The van der Waals surface area contributed by atoms with E-state index in [9.17, 15) is 9.59 Å². The molecule has 2 aromatic carbocycles. The lowest BCUT2D eigenvalue weighted by molar-refractivity contribution is -0.122. The zero-order valence-corrected chi connectivity index (χ0v) is 20.5. The molecule has 1 saturated heterocycles. The summed E-state index contributed by atoms with van der Waals surface area (Å²) in [5.74, 6) is -0.952. The molecule has 7 heteroatoms. The quantitative estimate of drug-likeness (QED) is 0.309. The first-order valence-electron chi connectivity index (χ1n) is 10.7. The summed E-state index contributed by atoms with van der Waals surface area (Å²) < 4.78 is 2.07. The molecule has 3 aromatic rings. The van der Waals surface area contributed by atoms with Crippen LogP contribution < -0.4 is 10.2 Å². The molecule has 0 atom stereocenters. The highest BCUT2D eigenvalue weighted by Gasteiger charge is 2.34. The van der Waals surface area contributed by atoms with Crippen molar-refractivity contribution in [2.75, 3.05) is 4.90 Å². The summed E-state index contributed by atoms with van der Waals surface area (Å²) in [7, 11) is 0. The second kappa shape index (κ2) is 8.96. The minimum absolute atomic E-state index is 0.0336. The Hall–Kier alpha value is -3.22. The van der Waals surface area contributed by atoms with Crippen LogP contribution in [0.5, 0.6) is 0 Å². The molecule has 2 amide bonds. The number of nitrogens with one attached hydrogen (secondary N) is 1. The fourth-order valence-corrected chi connectivity index (χ4v) is 4.52. The van der Waals surface area contributed by atoms with Gasteiger partial charge >= 0.3 is 0 Å². The van der Waals surface area contributed by atoms with Crippen LogP contribution in [0.25, 0.3) is 11.8 Å². The molecule has 0 unspecified atom stereocenters. The second-order valence-electron chi connectivity index (χ2n) is 8.02. The highest BCUT2D eigenvalue weighted by molar-refractivity contribution is 7.80. The van der Waals surface area contributed by atoms with Crippen molar-refractivity contribution in [1.82, 2.24) is 9.88 Å². The summed E-state index contributed by atoms with van der Waals surface area (Å²) in [5.41, 5.74) is 6.37. The summed E-state index contributed by atoms with van der Waals surface area (Å²) in [6, 6.07) is 15.3. The summed E-state index contributed by atoms with van der Waals surface area (Å²) in [6.45, 7) is 7.97. The maximum Gasteiger partial charge on any atom is 0.270 e. The maximum absolute atomic E-state index is 13.4. The van der Waals surface area contributed by atoms with Gasteiger partial charge in [-0.3, -0.25) is 19.8 Å². The Balaban J connectivity index is 1.76. The van der Waals surface area contributed by atoms with Gasteiger partial charge in [-0.25, -0.2) is 0 Å². The first-order valence-corrected chi connectivity index (χ1v) is 11.5. The lowest BCUT2D eigenvalue weighted by atomic mass is 10.1. The predicted molar refractivity (Wildman–Crippen MR) is 137 cm³/mol. The average Bonchev–Trinajstić information content (AvgIpc) is 3.06. The van der Waals surface area contributed by atoms with Gasteiger partial charge in [-0.1, -0.05) is 36.7 Å². The van der Waals surface area contributed by atoms with Gasteiger partial charge < -0.3 is 4.57 Å². The molecule has 2 heterocycles. The number of aromatic nitrogens is 1. The van der Waals surface area contributed by atoms with Crippen LogP contribution in [0.1, 0.15) is 35.0 Å². The van der Waals surface area contributed by atoms with Gasteiger partial charge in [0.15, 0.2) is 5.11 Å². The zero-order chi connectivity index (χ0) is 23.9. The molecular formula is C26H24ClN3O2S. The molecule has 1 fully saturated rings. The van der Waals surface area contributed by atoms with Crippen molar-refractivity contribution >= 4 is 52.5 Å². The smallest absolute Gasteiger partial charge is 0.270 e. The van der Waals surface area contributed by atoms with Gasteiger partial charge in [0.25, 0.3) is 11.8 Å². The Morgan fingerprint density at radius 2 is 1.76 bits per heavy atom. The van der Waals surface area contributed by atoms with E-state index in [4.69, 9.17) is 23.8 Å². The molecule has 168 valence electrons. The van der Waals surface area contributed by atoms with Crippen LogP contribution >= 0.6 is 23.8 Å². The van der Waals surface area contributed by atoms with E-state index in [-0.39, 0.29) is 10.7 Å². The van der Waals surface area contributed by atoms with Crippen LogP contribution in [0.3, 0.4) is 0 Å². The molecule has 4 rings (SSSR count). The molecule has 0 radical (unpaired) electrons. The van der Waals surface area contributed by atoms with E-state index in [1.54, 1.807) is 6.08 Å². The number of halogens is 1. The number of carbonyl (C=O) groups excluding carboxylic acids is 2. The SMILES string of the molecule is CCc1ccc(N2C(=O)C(=Cc3cc(C)n(-c4cccc(Cl)c4C)c3C)C(=O)NC2=S)cc1. The van der Waals surface area contributed by atoms with Crippen LogP contribution in [-0.4, -0.2) is 21.5 Å². The van der Waals surface area contributed by atoms with Crippen LogP contribution in [0.4, 0.5) is 5.69 Å². The fraction of sp³-hybridized carbons (Fsp3) is 0.192. The highest BCUT2D eigenvalue weighted by Crippen LogP contribution is 2.29. The standard InChI is InChI=1S/C26H24ClN3O2S/c1-5-18-9-11-20(12-10-18)30-25(32)21(24(31)28-26(30)33)14-19-13-15(2)29(17(19)4)23-8-6-7-22(27)16(23)3/h6-14H,5H2,1-4H3,(H,28,31,33). The molecule has 33 heavy (non-hydrogen) atoms. The van der Waals surface area contributed by atoms with Gasteiger partial charge in [-0.05, 0) is 92.5 Å². The summed E-state index contributed by atoms with van der Waals surface area (Å²) in [6.07, 6.45) is 2.52. The van der Waals surface area contributed by atoms with E-state index >= 15 is 0 Å². The Morgan fingerprint density at radius 3 is 2.42 bits per heavy atom. The molecule has 1 aromatic heterocycles. The Morgan fingerprint density at radius 1 is 1.06 bits per heavy atom. The summed E-state index contributed by atoms with van der Waals surface area (Å²) >= 11 is 11.6. The zero-order valence-electron chi connectivity index (χ0n) is 18.9. The number of nitrogens with zero attached hydrogens (tertiary/aromatic N) is 2. The Labute approximate surface area is 203 Å². The number of benzene rings is 2. The summed E-state index contributed by atoms with van der Waals surface area (Å²) in [4.78, 5) is 27.5. The normalized spacial score (nSPS) is 15.4. The summed E-state index contributed by atoms with van der Waals surface area (Å²) in [5, 5.41) is 3.41. The largest absolute Gasteiger partial charge is 0.318 e. The highest BCUT2D eigenvalue weighted by atomic mass is 35.5. The minimum Gasteiger partial charge on any atom is -0.318 e. The average molecular weight is 478 g/mol. The van der Waals surface area contributed by atoms with Crippen molar-refractivity contribution in [3.8, 4) is 5.69 Å². The van der Waals surface area contributed by atoms with Crippen molar-refractivity contribution in [2.45, 2.75) is 34.1 Å². The molecule has 0 spiro atoms. The lowest BCUT2D eigenvalue weighted by Crippen LogP contribution is -2.54. The van der Waals surface area contributed by atoms with Crippen molar-refractivity contribution in [3.63, 3.8) is 0 Å². The van der Waals surface area contributed by atoms with Gasteiger partial charge in [0.05, 0.1) is 5.69 Å². The van der Waals surface area contributed by atoms with Crippen LogP contribution in [0, 0.1) is 20.8 Å². The van der Waals surface area contributed by atoms with Gasteiger partial charge in [-0.15, -0.1) is 0 Å². The van der Waals surface area contributed by atoms with Crippen molar-refractivity contribution in [1.29, 1.82) is 0 Å². The Kier molecular flexibility index (Phi) is 6.23. The first kappa shape index (κ1) is 23.0. The molecule has 1 aliphatic heterocycles. The number of thiocarbonyl (C=S) groups is 1. The Bertz CT molecular complexity index is 1320. The van der Waals surface area contributed by atoms with Gasteiger partial charge in [0.2, 0.25) is 0 Å². The predicted octanol–water partition coefficient (Wildman–Crippen LogP) is 5.45. The van der Waals surface area contributed by atoms with Crippen LogP contribution in [0.15, 0.2) is 54.1 Å². The molecule has 1 N–H and O–H groups in total. The third-order valence-corrected chi connectivity index (χ3v) is 6.65. The number of rotatable bonds is 4. The number of amides is 2. The second-order valence-corrected chi connectivity index (χ2v) is 8.82. The van der Waals surface area contributed by atoms with E-state index in [0.29, 0.717) is 10.7 Å². The minimum atomic E-state index is -0.504. The fourth-order valence-electron chi connectivity index (χ4n) is 4.07. The van der Waals surface area contributed by atoms with Crippen LogP contribution in [0.2, 0.25) is 5.02 Å². The molecular weight excluding hydrogens is 454 g/mol. The third kappa shape index (κ3) is 4.12. The third-order valence-electron chi connectivity index (χ3n) is 5.95. The number of aryl methyl sites for hydroxylation is 2. The van der Waals surface area contributed by atoms with Crippen molar-refractivity contribution in [2.24, 2.45) is 0 Å². The van der Waals surface area contributed by atoms with E-state index in [1.165, 1.54) is 4.90 Å². The first-order chi connectivity index (χ1) is 15.7. The topological polar surface area (TPSA) is 54.3 Å². The number of hydrogen-bond donors (Lipinski definition) is 1. The lowest BCUT2D eigenvalue weighted by Gasteiger charge is -2.29. The number of anilines is 1. The van der Waals surface area contributed by atoms with E-state index in [1.807, 2.05) is 69.3 Å². The monoisotopic (exact) mass is 477 g/mol. The van der Waals surface area contributed by atoms with E-state index < -0.39 is 11.8 Å². The molecule has 1 aliphatic rings. The van der Waals surface area contributed by atoms with Crippen molar-refractivity contribution in [3.05, 3.63) is 87.2 Å². The van der Waals surface area contributed by atoms with Gasteiger partial charge in [0, 0.05) is 22.1 Å². The molecule has 0 saturated carbocycles. The maximum atomic E-state index is 13.4.